The van der Waals surface area contributed by atoms with Crippen LogP contribution in [0, 0.1) is 0 Å². The van der Waals surface area contributed by atoms with Gasteiger partial charge < -0.3 is 14.4 Å². The quantitative estimate of drug-likeness (QED) is 0.443. The standard InChI is InChI=1S/C25H20N4O2/c30-25(27-15-18-6-8-19(9-7-18)16-29-13-12-26-17-29)21-10-11-23-22(14-21)24(31-28-23)20-4-2-1-3-5-20/h1-14,17H,15-16H2,(H,27,30). The van der Waals surface area contributed by atoms with Crippen molar-refractivity contribution in [1.29, 1.82) is 0 Å². The van der Waals surface area contributed by atoms with Gasteiger partial charge in [0.2, 0.25) is 0 Å². The van der Waals surface area contributed by atoms with Crippen LogP contribution in [0.15, 0.2) is 96.0 Å². The highest BCUT2D eigenvalue weighted by Gasteiger charge is 2.14. The molecule has 0 aliphatic heterocycles. The molecule has 152 valence electrons. The zero-order chi connectivity index (χ0) is 21.0. The van der Waals surface area contributed by atoms with E-state index in [-0.39, 0.29) is 5.91 Å². The van der Waals surface area contributed by atoms with Crippen molar-refractivity contribution in [2.75, 3.05) is 0 Å². The molecule has 6 heteroatoms. The van der Waals surface area contributed by atoms with E-state index in [9.17, 15) is 4.79 Å². The molecule has 0 saturated carbocycles. The van der Waals surface area contributed by atoms with E-state index in [1.165, 1.54) is 5.56 Å². The molecule has 0 fully saturated rings. The molecule has 0 bridgehead atoms. The highest BCUT2D eigenvalue weighted by atomic mass is 16.5. The summed E-state index contributed by atoms with van der Waals surface area (Å²) in [5, 5.41) is 7.92. The molecular formula is C25H20N4O2. The Morgan fingerprint density at radius 2 is 1.77 bits per heavy atom. The Balaban J connectivity index is 1.28. The van der Waals surface area contributed by atoms with Crippen molar-refractivity contribution >= 4 is 16.8 Å². The maximum atomic E-state index is 12.7. The monoisotopic (exact) mass is 408 g/mol. The summed E-state index contributed by atoms with van der Waals surface area (Å²) < 4.78 is 7.54. The smallest absolute Gasteiger partial charge is 0.251 e. The second kappa shape index (κ2) is 8.28. The summed E-state index contributed by atoms with van der Waals surface area (Å²) in [6.07, 6.45) is 5.50. The van der Waals surface area contributed by atoms with E-state index in [1.54, 1.807) is 18.6 Å². The molecule has 31 heavy (non-hydrogen) atoms. The molecular weight excluding hydrogens is 388 g/mol. The van der Waals surface area contributed by atoms with Crippen LogP contribution in [0.5, 0.6) is 0 Å². The largest absolute Gasteiger partial charge is 0.355 e. The Morgan fingerprint density at radius 1 is 0.968 bits per heavy atom. The van der Waals surface area contributed by atoms with Crippen molar-refractivity contribution in [1.82, 2.24) is 20.0 Å². The molecule has 5 aromatic rings. The normalized spacial score (nSPS) is 11.0. The van der Waals surface area contributed by atoms with Gasteiger partial charge in [-0.05, 0) is 29.3 Å². The van der Waals surface area contributed by atoms with Crippen LogP contribution in [0.1, 0.15) is 21.5 Å². The number of hydrogen-bond acceptors (Lipinski definition) is 4. The van der Waals surface area contributed by atoms with E-state index >= 15 is 0 Å². The van der Waals surface area contributed by atoms with Crippen molar-refractivity contribution in [3.8, 4) is 11.3 Å². The number of imidazole rings is 1. The van der Waals surface area contributed by atoms with Gasteiger partial charge in [0.15, 0.2) is 5.76 Å². The van der Waals surface area contributed by atoms with Crippen molar-refractivity contribution < 1.29 is 9.32 Å². The molecule has 1 N–H and O–H groups in total. The number of amides is 1. The van der Waals surface area contributed by atoms with Crippen LogP contribution in [0.25, 0.3) is 22.2 Å². The highest BCUT2D eigenvalue weighted by Crippen LogP contribution is 2.29. The van der Waals surface area contributed by atoms with Crippen LogP contribution in [-0.2, 0) is 13.1 Å². The SMILES string of the molecule is O=C(NCc1ccc(Cn2ccnc2)cc1)c1ccc2noc(-c3ccccc3)c2c1. The maximum Gasteiger partial charge on any atom is 0.251 e. The number of carbonyl (C=O) groups excluding carboxylic acids is 1. The summed E-state index contributed by atoms with van der Waals surface area (Å²) in [5.41, 5.74) is 4.45. The molecule has 2 aromatic heterocycles. The van der Waals surface area contributed by atoms with Crippen LogP contribution >= 0.6 is 0 Å². The van der Waals surface area contributed by atoms with Crippen molar-refractivity contribution in [2.45, 2.75) is 13.1 Å². The molecule has 0 unspecified atom stereocenters. The summed E-state index contributed by atoms with van der Waals surface area (Å²) in [5.74, 6) is 0.531. The van der Waals surface area contributed by atoms with Crippen LogP contribution in [0.3, 0.4) is 0 Å². The lowest BCUT2D eigenvalue weighted by Gasteiger charge is -2.07. The average Bonchev–Trinajstić information content (AvgIpc) is 3.48. The van der Waals surface area contributed by atoms with Gasteiger partial charge in [0, 0.05) is 36.6 Å². The van der Waals surface area contributed by atoms with Gasteiger partial charge in [-0.15, -0.1) is 0 Å². The number of nitrogens with one attached hydrogen (secondary N) is 1. The molecule has 6 nitrogen and oxygen atoms in total. The first kappa shape index (κ1) is 18.8. The zero-order valence-electron chi connectivity index (χ0n) is 16.7. The Kier molecular flexibility index (Phi) is 5.02. The van der Waals surface area contributed by atoms with E-state index in [0.29, 0.717) is 17.9 Å². The Hall–Kier alpha value is -4.19. The average molecular weight is 408 g/mol. The first-order valence-corrected chi connectivity index (χ1v) is 10.0. The van der Waals surface area contributed by atoms with Gasteiger partial charge in [0.05, 0.1) is 11.7 Å². The predicted molar refractivity (Wildman–Crippen MR) is 118 cm³/mol. The molecule has 0 aliphatic carbocycles. The highest BCUT2D eigenvalue weighted by molar-refractivity contribution is 6.00. The van der Waals surface area contributed by atoms with Gasteiger partial charge in [0.1, 0.15) is 5.52 Å². The zero-order valence-corrected chi connectivity index (χ0v) is 16.7. The molecule has 0 saturated heterocycles. The molecule has 0 aliphatic rings. The summed E-state index contributed by atoms with van der Waals surface area (Å²) in [7, 11) is 0. The number of carbonyl (C=O) groups is 1. The van der Waals surface area contributed by atoms with Crippen molar-refractivity contribution in [3.63, 3.8) is 0 Å². The predicted octanol–water partition coefficient (Wildman–Crippen LogP) is 4.67. The van der Waals surface area contributed by atoms with Crippen LogP contribution in [-0.4, -0.2) is 20.6 Å². The molecule has 0 radical (unpaired) electrons. The summed E-state index contributed by atoms with van der Waals surface area (Å²) in [4.78, 5) is 16.8. The Bertz CT molecular complexity index is 1310. The van der Waals surface area contributed by atoms with Crippen molar-refractivity contribution in [2.24, 2.45) is 0 Å². The minimum atomic E-state index is -0.135. The number of nitrogens with zero attached hydrogens (tertiary/aromatic N) is 3. The third kappa shape index (κ3) is 4.09. The lowest BCUT2D eigenvalue weighted by atomic mass is 10.1. The molecule has 0 spiro atoms. The van der Waals surface area contributed by atoms with Gasteiger partial charge in [-0.2, -0.15) is 0 Å². The number of hydrogen-bond donors (Lipinski definition) is 1. The van der Waals surface area contributed by atoms with Gasteiger partial charge in [0.25, 0.3) is 5.91 Å². The minimum Gasteiger partial charge on any atom is -0.355 e. The molecule has 0 atom stereocenters. The number of aromatic nitrogens is 3. The second-order valence-corrected chi connectivity index (χ2v) is 7.34. The first-order chi connectivity index (χ1) is 15.3. The fraction of sp³-hybridized carbons (Fsp3) is 0.0800. The fourth-order valence-electron chi connectivity index (χ4n) is 3.52. The van der Waals surface area contributed by atoms with Crippen LogP contribution in [0.4, 0.5) is 0 Å². The molecule has 2 heterocycles. The van der Waals surface area contributed by atoms with Crippen molar-refractivity contribution in [3.05, 3.63) is 108 Å². The van der Waals surface area contributed by atoms with Gasteiger partial charge in [-0.1, -0.05) is 59.8 Å². The van der Waals surface area contributed by atoms with Crippen LogP contribution in [0.2, 0.25) is 0 Å². The molecule has 3 aromatic carbocycles. The van der Waals surface area contributed by atoms with Crippen LogP contribution < -0.4 is 5.32 Å². The lowest BCUT2D eigenvalue weighted by molar-refractivity contribution is 0.0951. The van der Waals surface area contributed by atoms with Gasteiger partial charge in [-0.3, -0.25) is 4.79 Å². The van der Waals surface area contributed by atoms with E-state index < -0.39 is 0 Å². The number of fused-ring (bicyclic) bond motifs is 1. The molecule has 5 rings (SSSR count). The Labute approximate surface area is 179 Å². The van der Waals surface area contributed by atoms with Gasteiger partial charge in [-0.25, -0.2) is 4.98 Å². The topological polar surface area (TPSA) is 73.0 Å². The van der Waals surface area contributed by atoms with E-state index in [0.717, 1.165) is 28.6 Å². The lowest BCUT2D eigenvalue weighted by Crippen LogP contribution is -2.22. The third-order valence-electron chi connectivity index (χ3n) is 5.18. The fourth-order valence-corrected chi connectivity index (χ4v) is 3.52. The summed E-state index contributed by atoms with van der Waals surface area (Å²) >= 11 is 0. The third-order valence-corrected chi connectivity index (χ3v) is 5.18. The Morgan fingerprint density at radius 3 is 2.55 bits per heavy atom. The van der Waals surface area contributed by atoms with E-state index in [1.807, 2.05) is 65.4 Å². The van der Waals surface area contributed by atoms with Gasteiger partial charge >= 0.3 is 0 Å². The number of rotatable bonds is 6. The molecule has 1 amide bonds. The van der Waals surface area contributed by atoms with E-state index in [4.69, 9.17) is 4.52 Å². The summed E-state index contributed by atoms with van der Waals surface area (Å²) in [6.45, 7) is 1.23. The first-order valence-electron chi connectivity index (χ1n) is 10.0. The minimum absolute atomic E-state index is 0.135. The maximum absolute atomic E-state index is 12.7. The second-order valence-electron chi connectivity index (χ2n) is 7.34. The van der Waals surface area contributed by atoms with E-state index in [2.05, 4.69) is 27.6 Å². The number of benzene rings is 3. The summed E-state index contributed by atoms with van der Waals surface area (Å²) in [6, 6.07) is 23.4.